The molecule has 1 aliphatic carbocycles. The molecule has 1 aliphatic heterocycles. The number of aliphatic hydroxyl groups is 1. The summed E-state index contributed by atoms with van der Waals surface area (Å²) in [6, 6.07) is 14.4. The fourth-order valence-electron chi connectivity index (χ4n) is 4.64. The van der Waals surface area contributed by atoms with E-state index >= 15 is 0 Å². The van der Waals surface area contributed by atoms with Crippen molar-refractivity contribution in [3.05, 3.63) is 59.8 Å². The molecule has 2 amide bonds. The lowest BCUT2D eigenvalue weighted by Gasteiger charge is -2.34. The average Bonchev–Trinajstić information content (AvgIpc) is 3.62. The summed E-state index contributed by atoms with van der Waals surface area (Å²) < 4.78 is 25.9. The summed E-state index contributed by atoms with van der Waals surface area (Å²) in [5.41, 5.74) is 2.37. The molecule has 2 heterocycles. The number of aliphatic hydroxyl groups excluding tert-OH is 1. The minimum Gasteiger partial charge on any atom is -0.486 e. The van der Waals surface area contributed by atoms with Crippen molar-refractivity contribution in [2.24, 2.45) is 5.92 Å². The SMILES string of the molecule is Cc1nnc([C@@H]2C[C@H]2C(=O)Nc2cccc(-c3ccc(O[C@H]4CCN(C(=O)CO)C[C@H]4F)c(C#N)c3)c2)o1. The van der Waals surface area contributed by atoms with Gasteiger partial charge >= 0.3 is 0 Å². The van der Waals surface area contributed by atoms with Crippen LogP contribution in [0.2, 0.25) is 0 Å². The third-order valence-corrected chi connectivity index (χ3v) is 6.80. The van der Waals surface area contributed by atoms with Crippen molar-refractivity contribution in [1.29, 1.82) is 5.26 Å². The number of alkyl halides is 1. The second-order valence-electron chi connectivity index (χ2n) is 9.46. The molecule has 1 saturated carbocycles. The predicted octanol–water partition coefficient (Wildman–Crippen LogP) is 2.97. The molecule has 2 fully saturated rings. The Morgan fingerprint density at radius 1 is 1.26 bits per heavy atom. The van der Waals surface area contributed by atoms with E-state index < -0.39 is 24.8 Å². The van der Waals surface area contributed by atoms with Gasteiger partial charge in [-0.25, -0.2) is 4.39 Å². The minimum atomic E-state index is -1.44. The summed E-state index contributed by atoms with van der Waals surface area (Å²) in [4.78, 5) is 25.6. The van der Waals surface area contributed by atoms with E-state index in [0.717, 1.165) is 11.1 Å². The summed E-state index contributed by atoms with van der Waals surface area (Å²) in [6.07, 6.45) is -1.36. The lowest BCUT2D eigenvalue weighted by Crippen LogP contribution is -2.50. The number of rotatable bonds is 7. The molecule has 2 N–H and O–H groups in total. The number of piperidine rings is 1. The van der Waals surface area contributed by atoms with E-state index in [9.17, 15) is 19.2 Å². The molecule has 3 aromatic rings. The number of hydrogen-bond donors (Lipinski definition) is 2. The Kier molecular flexibility index (Phi) is 7.07. The molecular formula is C27H26FN5O5. The maximum atomic E-state index is 14.7. The molecule has 196 valence electrons. The van der Waals surface area contributed by atoms with Crippen molar-refractivity contribution in [2.75, 3.05) is 25.0 Å². The van der Waals surface area contributed by atoms with Crippen molar-refractivity contribution in [3.8, 4) is 22.9 Å². The van der Waals surface area contributed by atoms with Crippen LogP contribution in [-0.4, -0.2) is 64.0 Å². The first-order valence-corrected chi connectivity index (χ1v) is 12.3. The van der Waals surface area contributed by atoms with Gasteiger partial charge in [0.15, 0.2) is 6.17 Å². The van der Waals surface area contributed by atoms with Crippen LogP contribution in [-0.2, 0) is 9.59 Å². The number of anilines is 1. The van der Waals surface area contributed by atoms with E-state index in [1.807, 2.05) is 18.2 Å². The molecule has 1 aromatic heterocycles. The van der Waals surface area contributed by atoms with Gasteiger partial charge in [0.25, 0.3) is 0 Å². The second kappa shape index (κ2) is 10.6. The van der Waals surface area contributed by atoms with Crippen LogP contribution in [0.4, 0.5) is 10.1 Å². The van der Waals surface area contributed by atoms with Gasteiger partial charge in [0.05, 0.1) is 18.0 Å². The molecule has 2 aliphatic rings. The normalized spacial score (nSPS) is 22.4. The van der Waals surface area contributed by atoms with Crippen molar-refractivity contribution in [2.45, 2.75) is 38.0 Å². The fourth-order valence-corrected chi connectivity index (χ4v) is 4.64. The molecule has 2 aromatic carbocycles. The number of amides is 2. The number of halogens is 1. The van der Waals surface area contributed by atoms with Crippen LogP contribution in [0.1, 0.15) is 36.1 Å². The number of nitriles is 1. The van der Waals surface area contributed by atoms with Gasteiger partial charge in [-0.2, -0.15) is 5.26 Å². The highest BCUT2D eigenvalue weighted by Crippen LogP contribution is 2.47. The number of nitrogens with one attached hydrogen (secondary N) is 1. The smallest absolute Gasteiger partial charge is 0.248 e. The highest BCUT2D eigenvalue weighted by molar-refractivity contribution is 5.95. The van der Waals surface area contributed by atoms with Crippen LogP contribution in [0.15, 0.2) is 46.9 Å². The number of carbonyl (C=O) groups is 2. The fraction of sp³-hybridized carbons (Fsp3) is 0.370. The van der Waals surface area contributed by atoms with Crippen LogP contribution >= 0.6 is 0 Å². The Morgan fingerprint density at radius 2 is 2.08 bits per heavy atom. The van der Waals surface area contributed by atoms with Crippen LogP contribution in [0.25, 0.3) is 11.1 Å². The van der Waals surface area contributed by atoms with Crippen LogP contribution in [0, 0.1) is 24.2 Å². The zero-order valence-electron chi connectivity index (χ0n) is 20.6. The quantitative estimate of drug-likeness (QED) is 0.485. The molecule has 5 rings (SSSR count). The Balaban J connectivity index is 1.25. The van der Waals surface area contributed by atoms with E-state index in [4.69, 9.17) is 14.3 Å². The molecule has 0 radical (unpaired) electrons. The van der Waals surface area contributed by atoms with Gasteiger partial charge in [-0.05, 0) is 41.8 Å². The standard InChI is InChI=1S/C27H26FN5O5/c1-15-31-32-27(37-15)21-11-20(21)26(36)30-19-4-2-3-16(10-19)17-5-6-23(18(9-17)12-29)38-24-7-8-33(13-22(24)28)25(35)14-34/h2-6,9-10,20-22,24,34H,7-8,11,13-14H2,1H3,(H,30,36)/t20-,21-,22-,24+/m1/s1. The van der Waals surface area contributed by atoms with Crippen molar-refractivity contribution in [3.63, 3.8) is 0 Å². The Bertz CT molecular complexity index is 1400. The summed E-state index contributed by atoms with van der Waals surface area (Å²) >= 11 is 0. The van der Waals surface area contributed by atoms with Gasteiger partial charge in [0.2, 0.25) is 23.6 Å². The first-order valence-electron chi connectivity index (χ1n) is 12.3. The van der Waals surface area contributed by atoms with Gasteiger partial charge in [-0.15, -0.1) is 10.2 Å². The van der Waals surface area contributed by atoms with Gasteiger partial charge in [-0.1, -0.05) is 18.2 Å². The molecule has 0 bridgehead atoms. The molecule has 1 saturated heterocycles. The molecule has 11 heteroatoms. The molecule has 38 heavy (non-hydrogen) atoms. The number of hydrogen-bond acceptors (Lipinski definition) is 8. The van der Waals surface area contributed by atoms with Gasteiger partial charge in [0, 0.05) is 31.5 Å². The lowest BCUT2D eigenvalue weighted by atomic mass is 10.0. The van der Waals surface area contributed by atoms with Gasteiger partial charge < -0.3 is 24.5 Å². The third-order valence-electron chi connectivity index (χ3n) is 6.80. The van der Waals surface area contributed by atoms with Gasteiger partial charge in [-0.3, -0.25) is 9.59 Å². The topological polar surface area (TPSA) is 142 Å². The minimum absolute atomic E-state index is 0.0727. The molecule has 0 unspecified atom stereocenters. The molecule has 4 atom stereocenters. The number of ether oxygens (including phenoxy) is 1. The summed E-state index contributed by atoms with van der Waals surface area (Å²) in [6.45, 7) is 1.14. The summed E-state index contributed by atoms with van der Waals surface area (Å²) in [5, 5.41) is 29.5. The van der Waals surface area contributed by atoms with Crippen molar-refractivity contribution >= 4 is 17.5 Å². The number of aromatic nitrogens is 2. The first-order chi connectivity index (χ1) is 18.4. The Morgan fingerprint density at radius 3 is 2.79 bits per heavy atom. The monoisotopic (exact) mass is 519 g/mol. The van der Waals surface area contributed by atoms with E-state index in [2.05, 4.69) is 21.6 Å². The number of nitrogens with zero attached hydrogens (tertiary/aromatic N) is 4. The summed E-state index contributed by atoms with van der Waals surface area (Å²) in [7, 11) is 0. The number of likely N-dealkylation sites (tertiary alicyclic amines) is 1. The Hall–Kier alpha value is -4.30. The predicted molar refractivity (Wildman–Crippen MR) is 133 cm³/mol. The van der Waals surface area contributed by atoms with Crippen molar-refractivity contribution in [1.82, 2.24) is 15.1 Å². The molecular weight excluding hydrogens is 493 g/mol. The first kappa shape index (κ1) is 25.4. The average molecular weight is 520 g/mol. The van der Waals surface area contributed by atoms with Crippen LogP contribution in [0.3, 0.4) is 0 Å². The maximum absolute atomic E-state index is 14.7. The summed E-state index contributed by atoms with van der Waals surface area (Å²) in [5.74, 6) is 0.251. The van der Waals surface area contributed by atoms with Crippen LogP contribution < -0.4 is 10.1 Å². The highest BCUT2D eigenvalue weighted by atomic mass is 19.1. The zero-order valence-corrected chi connectivity index (χ0v) is 20.6. The van der Waals surface area contributed by atoms with Crippen molar-refractivity contribution < 1.29 is 28.2 Å². The number of benzene rings is 2. The molecule has 10 nitrogen and oxygen atoms in total. The third kappa shape index (κ3) is 5.35. The lowest BCUT2D eigenvalue weighted by molar-refractivity contribution is -0.138. The largest absolute Gasteiger partial charge is 0.486 e. The van der Waals surface area contributed by atoms with E-state index in [1.165, 1.54) is 4.90 Å². The number of carbonyl (C=O) groups excluding carboxylic acids is 2. The van der Waals surface area contributed by atoms with E-state index in [1.54, 1.807) is 31.2 Å². The second-order valence-corrected chi connectivity index (χ2v) is 9.46. The van der Waals surface area contributed by atoms with Gasteiger partial charge in [0.1, 0.15) is 24.5 Å². The highest BCUT2D eigenvalue weighted by Gasteiger charge is 2.47. The zero-order chi connectivity index (χ0) is 26.8. The molecule has 0 spiro atoms. The maximum Gasteiger partial charge on any atom is 0.248 e. The van der Waals surface area contributed by atoms with Crippen LogP contribution in [0.5, 0.6) is 5.75 Å². The Labute approximate surface area is 218 Å². The van der Waals surface area contributed by atoms with E-state index in [0.29, 0.717) is 23.9 Å². The number of aryl methyl sites for hydroxylation is 1. The van der Waals surface area contributed by atoms with E-state index in [-0.39, 0.29) is 48.6 Å².